The van der Waals surface area contributed by atoms with Gasteiger partial charge in [0, 0.05) is 19.7 Å². The van der Waals surface area contributed by atoms with Crippen LogP contribution in [0.4, 0.5) is 0 Å². The number of hydrogen-bond acceptors (Lipinski definition) is 3. The molecule has 1 rings (SSSR count). The standard InChI is InChI=1S/C14H18N2O4/c1-10(14(19)20)16(3)12(17)9-15(2)13(18)11-7-5-4-6-8-11/h4-8,10H,9H2,1-3H3,(H,19,20). The van der Waals surface area contributed by atoms with Crippen molar-refractivity contribution >= 4 is 17.8 Å². The second-order valence-corrected chi connectivity index (χ2v) is 4.55. The number of rotatable bonds is 5. The highest BCUT2D eigenvalue weighted by atomic mass is 16.4. The topological polar surface area (TPSA) is 77.9 Å². The van der Waals surface area contributed by atoms with E-state index < -0.39 is 17.9 Å². The zero-order chi connectivity index (χ0) is 15.3. The predicted octanol–water partition coefficient (Wildman–Crippen LogP) is 0.690. The average Bonchev–Trinajstić information content (AvgIpc) is 2.45. The molecule has 0 saturated heterocycles. The first kappa shape index (κ1) is 15.7. The Morgan fingerprint density at radius 1 is 1.15 bits per heavy atom. The second-order valence-electron chi connectivity index (χ2n) is 4.55. The summed E-state index contributed by atoms with van der Waals surface area (Å²) in [6.45, 7) is 1.25. The van der Waals surface area contributed by atoms with Gasteiger partial charge in [0.05, 0.1) is 6.54 Å². The van der Waals surface area contributed by atoms with Gasteiger partial charge in [-0.05, 0) is 19.1 Å². The fourth-order valence-electron chi connectivity index (χ4n) is 1.57. The number of carbonyl (C=O) groups is 3. The Morgan fingerprint density at radius 2 is 1.70 bits per heavy atom. The molecular weight excluding hydrogens is 260 g/mol. The van der Waals surface area contributed by atoms with E-state index in [1.54, 1.807) is 30.3 Å². The number of hydrogen-bond donors (Lipinski definition) is 1. The Kier molecular flexibility index (Phi) is 5.25. The Morgan fingerprint density at radius 3 is 2.20 bits per heavy atom. The van der Waals surface area contributed by atoms with Gasteiger partial charge in [0.25, 0.3) is 5.91 Å². The molecule has 0 heterocycles. The third kappa shape index (κ3) is 3.81. The molecule has 0 saturated carbocycles. The minimum absolute atomic E-state index is 0.165. The van der Waals surface area contributed by atoms with Gasteiger partial charge in [-0.1, -0.05) is 18.2 Å². The monoisotopic (exact) mass is 278 g/mol. The van der Waals surface area contributed by atoms with Crippen LogP contribution >= 0.6 is 0 Å². The van der Waals surface area contributed by atoms with Gasteiger partial charge in [-0.3, -0.25) is 9.59 Å². The molecule has 0 aliphatic rings. The van der Waals surface area contributed by atoms with E-state index in [0.29, 0.717) is 5.56 Å². The van der Waals surface area contributed by atoms with E-state index in [1.165, 1.54) is 25.9 Å². The van der Waals surface area contributed by atoms with Crippen molar-refractivity contribution in [1.29, 1.82) is 0 Å². The number of benzene rings is 1. The van der Waals surface area contributed by atoms with Crippen molar-refractivity contribution in [3.8, 4) is 0 Å². The highest BCUT2D eigenvalue weighted by Crippen LogP contribution is 2.04. The summed E-state index contributed by atoms with van der Waals surface area (Å²) in [4.78, 5) is 37.1. The van der Waals surface area contributed by atoms with Crippen LogP contribution in [-0.2, 0) is 9.59 Å². The lowest BCUT2D eigenvalue weighted by molar-refractivity contribution is -0.148. The first-order valence-corrected chi connectivity index (χ1v) is 6.13. The van der Waals surface area contributed by atoms with Crippen LogP contribution in [0.3, 0.4) is 0 Å². The highest BCUT2D eigenvalue weighted by molar-refractivity contribution is 5.96. The molecule has 0 spiro atoms. The molecule has 1 aromatic carbocycles. The molecule has 108 valence electrons. The third-order valence-electron chi connectivity index (χ3n) is 3.07. The quantitative estimate of drug-likeness (QED) is 0.859. The summed E-state index contributed by atoms with van der Waals surface area (Å²) in [5, 5.41) is 8.85. The van der Waals surface area contributed by atoms with Crippen LogP contribution in [0.15, 0.2) is 30.3 Å². The van der Waals surface area contributed by atoms with E-state index in [0.717, 1.165) is 4.90 Å². The maximum Gasteiger partial charge on any atom is 0.326 e. The summed E-state index contributed by atoms with van der Waals surface area (Å²) in [5.41, 5.74) is 0.483. The van der Waals surface area contributed by atoms with Gasteiger partial charge in [0.15, 0.2) is 0 Å². The van der Waals surface area contributed by atoms with Crippen molar-refractivity contribution in [2.24, 2.45) is 0 Å². The van der Waals surface area contributed by atoms with E-state index in [-0.39, 0.29) is 12.5 Å². The lowest BCUT2D eigenvalue weighted by atomic mass is 10.2. The molecule has 1 unspecified atom stereocenters. The molecule has 0 aliphatic heterocycles. The van der Waals surface area contributed by atoms with Crippen molar-refractivity contribution in [3.63, 3.8) is 0 Å². The van der Waals surface area contributed by atoms with Crippen LogP contribution in [0.5, 0.6) is 0 Å². The van der Waals surface area contributed by atoms with Crippen molar-refractivity contribution in [2.45, 2.75) is 13.0 Å². The summed E-state index contributed by atoms with van der Waals surface area (Å²) in [6, 6.07) is 7.66. The maximum atomic E-state index is 12.0. The number of aliphatic carboxylic acids is 1. The molecule has 1 aromatic rings. The van der Waals surface area contributed by atoms with E-state index in [4.69, 9.17) is 5.11 Å². The fourth-order valence-corrected chi connectivity index (χ4v) is 1.57. The normalized spacial score (nSPS) is 11.6. The van der Waals surface area contributed by atoms with Crippen molar-refractivity contribution < 1.29 is 19.5 Å². The van der Waals surface area contributed by atoms with Gasteiger partial charge in [0.1, 0.15) is 6.04 Å². The molecule has 0 aromatic heterocycles. The zero-order valence-electron chi connectivity index (χ0n) is 11.7. The van der Waals surface area contributed by atoms with Gasteiger partial charge < -0.3 is 14.9 Å². The minimum atomic E-state index is -1.09. The van der Waals surface area contributed by atoms with Gasteiger partial charge in [-0.15, -0.1) is 0 Å². The van der Waals surface area contributed by atoms with Crippen LogP contribution in [0.2, 0.25) is 0 Å². The van der Waals surface area contributed by atoms with E-state index in [2.05, 4.69) is 0 Å². The number of carboxylic acids is 1. The lowest BCUT2D eigenvalue weighted by Gasteiger charge is -2.24. The molecule has 0 radical (unpaired) electrons. The SMILES string of the molecule is CC(C(=O)O)N(C)C(=O)CN(C)C(=O)c1ccccc1. The Hall–Kier alpha value is -2.37. The summed E-state index contributed by atoms with van der Waals surface area (Å²) < 4.78 is 0. The smallest absolute Gasteiger partial charge is 0.326 e. The zero-order valence-corrected chi connectivity index (χ0v) is 11.7. The second kappa shape index (κ2) is 6.70. The van der Waals surface area contributed by atoms with E-state index >= 15 is 0 Å². The third-order valence-corrected chi connectivity index (χ3v) is 3.07. The molecule has 2 amide bonds. The molecule has 6 nitrogen and oxygen atoms in total. The summed E-state index contributed by atoms with van der Waals surface area (Å²) >= 11 is 0. The van der Waals surface area contributed by atoms with E-state index in [1.807, 2.05) is 0 Å². The van der Waals surface area contributed by atoms with E-state index in [9.17, 15) is 14.4 Å². The molecule has 6 heteroatoms. The molecular formula is C14H18N2O4. The summed E-state index contributed by atoms with van der Waals surface area (Å²) in [5.74, 6) is -1.79. The van der Waals surface area contributed by atoms with Gasteiger partial charge in [-0.25, -0.2) is 4.79 Å². The summed E-state index contributed by atoms with van der Waals surface area (Å²) in [6.07, 6.45) is 0. The predicted molar refractivity (Wildman–Crippen MR) is 73.3 cm³/mol. The highest BCUT2D eigenvalue weighted by Gasteiger charge is 2.23. The van der Waals surface area contributed by atoms with Crippen molar-refractivity contribution in [1.82, 2.24) is 9.80 Å². The van der Waals surface area contributed by atoms with Crippen LogP contribution in [0.1, 0.15) is 17.3 Å². The molecule has 20 heavy (non-hydrogen) atoms. The maximum absolute atomic E-state index is 12.0. The van der Waals surface area contributed by atoms with Gasteiger partial charge in [0.2, 0.25) is 5.91 Å². The number of amides is 2. The lowest BCUT2D eigenvalue weighted by Crippen LogP contribution is -2.45. The molecule has 1 N–H and O–H groups in total. The average molecular weight is 278 g/mol. The van der Waals surface area contributed by atoms with Gasteiger partial charge >= 0.3 is 5.97 Å². The fraction of sp³-hybridized carbons (Fsp3) is 0.357. The van der Waals surface area contributed by atoms with Crippen molar-refractivity contribution in [3.05, 3.63) is 35.9 Å². The van der Waals surface area contributed by atoms with Gasteiger partial charge in [-0.2, -0.15) is 0 Å². The number of likely N-dealkylation sites (N-methyl/N-ethyl adjacent to an activating group) is 2. The molecule has 0 fully saturated rings. The Bertz CT molecular complexity index is 501. The number of carboxylic acid groups (broad SMARTS) is 1. The molecule has 1 atom stereocenters. The van der Waals surface area contributed by atoms with Crippen LogP contribution in [0.25, 0.3) is 0 Å². The van der Waals surface area contributed by atoms with Crippen LogP contribution < -0.4 is 0 Å². The van der Waals surface area contributed by atoms with Crippen LogP contribution in [0, 0.1) is 0 Å². The van der Waals surface area contributed by atoms with Crippen LogP contribution in [-0.4, -0.2) is 59.4 Å². The molecule has 0 bridgehead atoms. The number of nitrogens with zero attached hydrogens (tertiary/aromatic N) is 2. The Balaban J connectivity index is 2.66. The molecule has 0 aliphatic carbocycles. The minimum Gasteiger partial charge on any atom is -0.480 e. The largest absolute Gasteiger partial charge is 0.480 e. The number of carbonyl (C=O) groups excluding carboxylic acids is 2. The first-order valence-electron chi connectivity index (χ1n) is 6.13. The van der Waals surface area contributed by atoms with Crippen molar-refractivity contribution in [2.75, 3.05) is 20.6 Å². The Labute approximate surface area is 117 Å². The first-order chi connectivity index (χ1) is 9.34. The summed E-state index contributed by atoms with van der Waals surface area (Å²) in [7, 11) is 2.91.